The maximum Gasteiger partial charge on any atom is 0.150 e. The molecule has 1 atom stereocenters. The summed E-state index contributed by atoms with van der Waals surface area (Å²) in [5, 5.41) is 9.10. The molecular formula is C13H12FN5S. The van der Waals surface area contributed by atoms with Crippen molar-refractivity contribution >= 4 is 17.0 Å². The van der Waals surface area contributed by atoms with Crippen LogP contribution < -0.4 is 5.32 Å². The lowest BCUT2D eigenvalue weighted by Crippen LogP contribution is -2.07. The molecule has 0 aliphatic carbocycles. The quantitative estimate of drug-likeness (QED) is 0.802. The summed E-state index contributed by atoms with van der Waals surface area (Å²) >= 11 is 1.54. The van der Waals surface area contributed by atoms with E-state index in [9.17, 15) is 4.39 Å². The minimum absolute atomic E-state index is 0.0258. The summed E-state index contributed by atoms with van der Waals surface area (Å²) in [6.07, 6.45) is 2.83. The molecule has 0 saturated carbocycles. The Labute approximate surface area is 119 Å². The van der Waals surface area contributed by atoms with Crippen LogP contribution in [-0.4, -0.2) is 19.7 Å². The van der Waals surface area contributed by atoms with Crippen LogP contribution in [0.25, 0.3) is 5.69 Å². The first kappa shape index (κ1) is 12.7. The number of hydrogen-bond acceptors (Lipinski definition) is 5. The van der Waals surface area contributed by atoms with Gasteiger partial charge in [-0.1, -0.05) is 0 Å². The molecule has 102 valence electrons. The SMILES string of the molecule is CC(Nc1ccc(-n2cncn2)c(F)c1)c1cscn1. The van der Waals surface area contributed by atoms with Crippen molar-refractivity contribution in [3.05, 3.63) is 53.3 Å². The van der Waals surface area contributed by atoms with Gasteiger partial charge in [0.25, 0.3) is 0 Å². The normalized spacial score (nSPS) is 12.3. The third-order valence-electron chi connectivity index (χ3n) is 2.89. The predicted octanol–water partition coefficient (Wildman–Crippen LogP) is 3.04. The molecule has 0 amide bonds. The Hall–Kier alpha value is -2.28. The van der Waals surface area contributed by atoms with Crippen LogP contribution in [0.1, 0.15) is 18.7 Å². The van der Waals surface area contributed by atoms with Crippen molar-refractivity contribution in [3.63, 3.8) is 0 Å². The van der Waals surface area contributed by atoms with Crippen LogP contribution in [0.3, 0.4) is 0 Å². The van der Waals surface area contributed by atoms with Crippen molar-refractivity contribution in [1.82, 2.24) is 19.7 Å². The van der Waals surface area contributed by atoms with E-state index >= 15 is 0 Å². The Kier molecular flexibility index (Phi) is 3.42. The largest absolute Gasteiger partial charge is 0.377 e. The monoisotopic (exact) mass is 289 g/mol. The number of aromatic nitrogens is 4. The third kappa shape index (κ3) is 2.53. The van der Waals surface area contributed by atoms with Crippen LogP contribution in [0.4, 0.5) is 10.1 Å². The lowest BCUT2D eigenvalue weighted by molar-refractivity contribution is 0.610. The molecule has 0 bridgehead atoms. The Morgan fingerprint density at radius 2 is 2.30 bits per heavy atom. The van der Waals surface area contributed by atoms with Gasteiger partial charge in [0.15, 0.2) is 5.82 Å². The highest BCUT2D eigenvalue weighted by Gasteiger charge is 2.10. The van der Waals surface area contributed by atoms with E-state index in [1.165, 1.54) is 34.7 Å². The van der Waals surface area contributed by atoms with Gasteiger partial charge in [-0.15, -0.1) is 11.3 Å². The van der Waals surface area contributed by atoms with Gasteiger partial charge in [-0.3, -0.25) is 0 Å². The zero-order valence-electron chi connectivity index (χ0n) is 10.7. The number of hydrogen-bond donors (Lipinski definition) is 1. The van der Waals surface area contributed by atoms with Gasteiger partial charge in [0.1, 0.15) is 18.3 Å². The van der Waals surface area contributed by atoms with Crippen molar-refractivity contribution in [3.8, 4) is 5.69 Å². The highest BCUT2D eigenvalue weighted by Crippen LogP contribution is 2.22. The molecule has 5 nitrogen and oxygen atoms in total. The highest BCUT2D eigenvalue weighted by atomic mass is 32.1. The van der Waals surface area contributed by atoms with E-state index in [4.69, 9.17) is 0 Å². The first-order chi connectivity index (χ1) is 9.74. The van der Waals surface area contributed by atoms with Gasteiger partial charge in [-0.25, -0.2) is 19.0 Å². The second-order valence-corrected chi connectivity index (χ2v) is 5.00. The van der Waals surface area contributed by atoms with E-state index in [1.54, 1.807) is 11.6 Å². The Balaban J connectivity index is 1.81. The zero-order chi connectivity index (χ0) is 13.9. The first-order valence-electron chi connectivity index (χ1n) is 6.03. The van der Waals surface area contributed by atoms with Gasteiger partial charge < -0.3 is 5.32 Å². The van der Waals surface area contributed by atoms with E-state index in [-0.39, 0.29) is 11.9 Å². The minimum atomic E-state index is -0.356. The topological polar surface area (TPSA) is 55.6 Å². The van der Waals surface area contributed by atoms with Gasteiger partial charge in [-0.05, 0) is 25.1 Å². The number of benzene rings is 1. The summed E-state index contributed by atoms with van der Waals surface area (Å²) < 4.78 is 15.5. The maximum absolute atomic E-state index is 14.1. The van der Waals surface area contributed by atoms with E-state index in [0.29, 0.717) is 11.4 Å². The Morgan fingerprint density at radius 1 is 1.40 bits per heavy atom. The number of thiazole rings is 1. The molecular weight excluding hydrogens is 277 g/mol. The number of nitrogens with zero attached hydrogens (tertiary/aromatic N) is 4. The summed E-state index contributed by atoms with van der Waals surface area (Å²) in [7, 11) is 0. The van der Waals surface area contributed by atoms with Crippen LogP contribution in [0.5, 0.6) is 0 Å². The van der Waals surface area contributed by atoms with Gasteiger partial charge in [0.2, 0.25) is 0 Å². The van der Waals surface area contributed by atoms with Crippen LogP contribution >= 0.6 is 11.3 Å². The highest BCUT2D eigenvalue weighted by molar-refractivity contribution is 7.07. The van der Waals surface area contributed by atoms with Crippen molar-refractivity contribution < 1.29 is 4.39 Å². The lowest BCUT2D eigenvalue weighted by atomic mass is 10.2. The van der Waals surface area contributed by atoms with E-state index < -0.39 is 0 Å². The standard InChI is InChI=1S/C13H12FN5S/c1-9(12-5-20-8-16-12)18-10-2-3-13(11(14)4-10)19-7-15-6-17-19/h2-9,18H,1H3. The molecule has 0 aliphatic heterocycles. The summed E-state index contributed by atoms with van der Waals surface area (Å²) in [4.78, 5) is 8.04. The summed E-state index contributed by atoms with van der Waals surface area (Å²) in [6.45, 7) is 1.98. The fourth-order valence-electron chi connectivity index (χ4n) is 1.87. The van der Waals surface area contributed by atoms with Crippen molar-refractivity contribution in [1.29, 1.82) is 0 Å². The number of nitrogens with one attached hydrogen (secondary N) is 1. The van der Waals surface area contributed by atoms with Crippen LogP contribution in [0.2, 0.25) is 0 Å². The van der Waals surface area contributed by atoms with Crippen molar-refractivity contribution in [2.45, 2.75) is 13.0 Å². The summed E-state index contributed by atoms with van der Waals surface area (Å²) in [5.74, 6) is -0.356. The average molecular weight is 289 g/mol. The molecule has 0 radical (unpaired) electrons. The zero-order valence-corrected chi connectivity index (χ0v) is 11.5. The lowest BCUT2D eigenvalue weighted by Gasteiger charge is -2.14. The smallest absolute Gasteiger partial charge is 0.150 e. The molecule has 1 unspecified atom stereocenters. The van der Waals surface area contributed by atoms with Crippen LogP contribution in [-0.2, 0) is 0 Å². The minimum Gasteiger partial charge on any atom is -0.377 e. The molecule has 3 rings (SSSR count). The molecule has 1 N–H and O–H groups in total. The van der Waals surface area contributed by atoms with E-state index in [1.807, 2.05) is 18.4 Å². The number of halogens is 1. The van der Waals surface area contributed by atoms with Crippen molar-refractivity contribution in [2.75, 3.05) is 5.32 Å². The van der Waals surface area contributed by atoms with E-state index in [0.717, 1.165) is 5.69 Å². The third-order valence-corrected chi connectivity index (χ3v) is 3.50. The Morgan fingerprint density at radius 3 is 2.95 bits per heavy atom. The number of rotatable bonds is 4. The summed E-state index contributed by atoms with van der Waals surface area (Å²) in [6, 6.07) is 4.95. The second-order valence-electron chi connectivity index (χ2n) is 4.29. The first-order valence-corrected chi connectivity index (χ1v) is 6.97. The van der Waals surface area contributed by atoms with Crippen molar-refractivity contribution in [2.24, 2.45) is 0 Å². The fraction of sp³-hybridized carbons (Fsp3) is 0.154. The molecule has 2 aromatic heterocycles. The Bertz CT molecular complexity index is 681. The molecule has 0 saturated heterocycles. The molecule has 0 spiro atoms. The summed E-state index contributed by atoms with van der Waals surface area (Å²) in [5.41, 5.74) is 3.79. The van der Waals surface area contributed by atoms with Gasteiger partial charge in [0.05, 0.1) is 17.2 Å². The molecule has 7 heteroatoms. The van der Waals surface area contributed by atoms with Gasteiger partial charge in [0, 0.05) is 11.1 Å². The van der Waals surface area contributed by atoms with Crippen LogP contribution in [0.15, 0.2) is 41.7 Å². The molecule has 3 aromatic rings. The maximum atomic E-state index is 14.1. The van der Waals surface area contributed by atoms with E-state index in [2.05, 4.69) is 20.4 Å². The van der Waals surface area contributed by atoms with Gasteiger partial charge >= 0.3 is 0 Å². The predicted molar refractivity (Wildman–Crippen MR) is 75.5 cm³/mol. The molecule has 2 heterocycles. The fourth-order valence-corrected chi connectivity index (χ4v) is 2.52. The van der Waals surface area contributed by atoms with Crippen LogP contribution in [0, 0.1) is 5.82 Å². The number of anilines is 1. The molecule has 20 heavy (non-hydrogen) atoms. The molecule has 1 aromatic carbocycles. The molecule has 0 fully saturated rings. The van der Waals surface area contributed by atoms with Gasteiger partial charge in [-0.2, -0.15) is 5.10 Å². The second kappa shape index (κ2) is 5.38. The molecule has 0 aliphatic rings. The average Bonchev–Trinajstić information content (AvgIpc) is 3.12.